The maximum atomic E-state index is 12.8. The lowest BCUT2D eigenvalue weighted by Crippen LogP contribution is -2.47. The van der Waals surface area contributed by atoms with Gasteiger partial charge in [-0.15, -0.1) is 11.8 Å². The van der Waals surface area contributed by atoms with Crippen LogP contribution >= 0.6 is 11.8 Å². The molecule has 0 saturated heterocycles. The number of hydrogen-bond acceptors (Lipinski definition) is 6. The standard InChI is InChI=1S/C16H32O5SSi/c1-8-16(12(2)3,15(17)21-14-9-10-14)22-13(4)11-23(18-5,19-6)20-7/h12-14H,8-11H2,1-7H3. The first-order chi connectivity index (χ1) is 10.8. The Morgan fingerprint density at radius 3 is 2.04 bits per heavy atom. The van der Waals surface area contributed by atoms with E-state index in [0.29, 0.717) is 6.04 Å². The van der Waals surface area contributed by atoms with Gasteiger partial charge < -0.3 is 18.0 Å². The summed E-state index contributed by atoms with van der Waals surface area (Å²) in [6, 6.07) is 0.659. The SMILES string of the molecule is CCC(SC(C)C[Si](OC)(OC)OC)(C(=O)OC1CC1)C(C)C. The third-order valence-electron chi connectivity index (χ3n) is 4.48. The lowest BCUT2D eigenvalue weighted by atomic mass is 9.92. The van der Waals surface area contributed by atoms with Crippen LogP contribution in [0.1, 0.15) is 47.0 Å². The van der Waals surface area contributed by atoms with Gasteiger partial charge in [-0.2, -0.15) is 0 Å². The quantitative estimate of drug-likeness (QED) is 0.413. The number of hydrogen-bond donors (Lipinski definition) is 0. The molecule has 0 aromatic carbocycles. The Bertz CT molecular complexity index is 376. The first kappa shape index (κ1) is 21.0. The molecule has 5 nitrogen and oxygen atoms in total. The summed E-state index contributed by atoms with van der Waals surface area (Å²) in [7, 11) is 2.20. The summed E-state index contributed by atoms with van der Waals surface area (Å²) in [6.07, 6.45) is 2.87. The second-order valence-corrected chi connectivity index (χ2v) is 11.2. The smallest absolute Gasteiger partial charge is 0.461 e. The van der Waals surface area contributed by atoms with Gasteiger partial charge in [0.15, 0.2) is 0 Å². The van der Waals surface area contributed by atoms with Crippen LogP contribution in [0.25, 0.3) is 0 Å². The van der Waals surface area contributed by atoms with E-state index in [9.17, 15) is 4.79 Å². The largest absolute Gasteiger partial charge is 0.501 e. The van der Waals surface area contributed by atoms with E-state index in [1.54, 1.807) is 33.1 Å². The minimum atomic E-state index is -2.66. The molecule has 1 saturated carbocycles. The molecule has 2 unspecified atom stereocenters. The molecule has 23 heavy (non-hydrogen) atoms. The van der Waals surface area contributed by atoms with Gasteiger partial charge in [-0.05, 0) is 25.2 Å². The highest BCUT2D eigenvalue weighted by Crippen LogP contribution is 2.43. The van der Waals surface area contributed by atoms with Gasteiger partial charge in [-0.1, -0.05) is 27.7 Å². The second kappa shape index (κ2) is 8.85. The summed E-state index contributed by atoms with van der Waals surface area (Å²) in [5.74, 6) is 0.115. The predicted molar refractivity (Wildman–Crippen MR) is 95.6 cm³/mol. The summed E-state index contributed by atoms with van der Waals surface area (Å²) in [5, 5.41) is 0.163. The van der Waals surface area contributed by atoms with Gasteiger partial charge in [-0.25, -0.2) is 0 Å². The maximum Gasteiger partial charge on any atom is 0.501 e. The van der Waals surface area contributed by atoms with E-state index in [1.165, 1.54) is 0 Å². The van der Waals surface area contributed by atoms with Crippen LogP contribution in [0.3, 0.4) is 0 Å². The first-order valence-electron chi connectivity index (χ1n) is 8.33. The zero-order valence-electron chi connectivity index (χ0n) is 15.5. The molecule has 1 aliphatic rings. The van der Waals surface area contributed by atoms with Crippen molar-refractivity contribution in [2.45, 2.75) is 69.1 Å². The molecule has 0 bridgehead atoms. The highest BCUT2D eigenvalue weighted by molar-refractivity contribution is 8.02. The summed E-state index contributed by atoms with van der Waals surface area (Å²) in [6.45, 7) is 8.33. The van der Waals surface area contributed by atoms with E-state index in [0.717, 1.165) is 19.3 Å². The molecule has 0 spiro atoms. The van der Waals surface area contributed by atoms with E-state index < -0.39 is 13.6 Å². The highest BCUT2D eigenvalue weighted by atomic mass is 32.2. The molecule has 1 rings (SSSR count). The van der Waals surface area contributed by atoms with Crippen molar-refractivity contribution in [1.82, 2.24) is 0 Å². The van der Waals surface area contributed by atoms with E-state index in [-0.39, 0.29) is 23.2 Å². The molecule has 1 fully saturated rings. The number of ether oxygens (including phenoxy) is 1. The third kappa shape index (κ3) is 5.19. The van der Waals surface area contributed by atoms with Crippen LogP contribution in [-0.2, 0) is 22.8 Å². The zero-order valence-corrected chi connectivity index (χ0v) is 17.3. The topological polar surface area (TPSA) is 54.0 Å². The average Bonchev–Trinajstić information content (AvgIpc) is 3.34. The van der Waals surface area contributed by atoms with E-state index in [4.69, 9.17) is 18.0 Å². The highest BCUT2D eigenvalue weighted by Gasteiger charge is 2.48. The van der Waals surface area contributed by atoms with Gasteiger partial charge in [0.05, 0.1) is 0 Å². The van der Waals surface area contributed by atoms with Crippen molar-refractivity contribution in [2.75, 3.05) is 21.3 Å². The molecule has 0 aromatic rings. The molecular formula is C16H32O5SSi. The number of thioether (sulfide) groups is 1. The first-order valence-corrected chi connectivity index (χ1v) is 11.1. The normalized spacial score (nSPS) is 19.5. The minimum Gasteiger partial charge on any atom is -0.461 e. The lowest BCUT2D eigenvalue weighted by Gasteiger charge is -2.37. The Labute approximate surface area is 146 Å². The van der Waals surface area contributed by atoms with Crippen molar-refractivity contribution in [1.29, 1.82) is 0 Å². The van der Waals surface area contributed by atoms with Gasteiger partial charge in [0.1, 0.15) is 10.9 Å². The molecule has 0 aromatic heterocycles. The van der Waals surface area contributed by atoms with Gasteiger partial charge in [0.2, 0.25) is 0 Å². The van der Waals surface area contributed by atoms with E-state index in [1.807, 2.05) is 0 Å². The number of rotatable bonds is 11. The molecule has 0 N–H and O–H groups in total. The Hall–Kier alpha value is -0.0831. The molecule has 0 radical (unpaired) electrons. The zero-order chi connectivity index (χ0) is 17.7. The monoisotopic (exact) mass is 364 g/mol. The van der Waals surface area contributed by atoms with Crippen molar-refractivity contribution in [3.8, 4) is 0 Å². The lowest BCUT2D eigenvalue weighted by molar-refractivity contribution is -0.149. The van der Waals surface area contributed by atoms with Crippen LogP contribution in [0.5, 0.6) is 0 Å². The van der Waals surface area contributed by atoms with Gasteiger partial charge in [0.25, 0.3) is 0 Å². The molecule has 2 atom stereocenters. The van der Waals surface area contributed by atoms with Crippen LogP contribution in [0.2, 0.25) is 6.04 Å². The van der Waals surface area contributed by atoms with E-state index >= 15 is 0 Å². The fourth-order valence-electron chi connectivity index (χ4n) is 2.75. The van der Waals surface area contributed by atoms with Crippen molar-refractivity contribution >= 4 is 26.5 Å². The van der Waals surface area contributed by atoms with Crippen LogP contribution < -0.4 is 0 Å². The van der Waals surface area contributed by atoms with Crippen LogP contribution in [-0.4, -0.2) is 52.2 Å². The molecule has 0 aliphatic heterocycles. The number of esters is 1. The van der Waals surface area contributed by atoms with Gasteiger partial charge in [-0.3, -0.25) is 4.79 Å². The fraction of sp³-hybridized carbons (Fsp3) is 0.938. The van der Waals surface area contributed by atoms with Crippen molar-refractivity contribution in [3.05, 3.63) is 0 Å². The summed E-state index contributed by atoms with van der Waals surface area (Å²) >= 11 is 1.67. The van der Waals surface area contributed by atoms with Gasteiger partial charge in [0, 0.05) is 32.6 Å². The van der Waals surface area contributed by atoms with Crippen molar-refractivity contribution in [3.63, 3.8) is 0 Å². The fourth-order valence-corrected chi connectivity index (χ4v) is 6.70. The molecule has 1 aliphatic carbocycles. The summed E-state index contributed by atoms with van der Waals surface area (Å²) in [5.41, 5.74) is 0. The van der Waals surface area contributed by atoms with Crippen LogP contribution in [0.15, 0.2) is 0 Å². The second-order valence-electron chi connectivity index (χ2n) is 6.43. The number of carbonyl (C=O) groups excluding carboxylic acids is 1. The molecule has 0 amide bonds. The van der Waals surface area contributed by atoms with Crippen LogP contribution in [0, 0.1) is 5.92 Å². The Morgan fingerprint density at radius 1 is 1.17 bits per heavy atom. The third-order valence-corrected chi connectivity index (χ3v) is 9.67. The van der Waals surface area contributed by atoms with E-state index in [2.05, 4.69) is 27.7 Å². The van der Waals surface area contributed by atoms with Gasteiger partial charge >= 0.3 is 14.8 Å². The Kier molecular flexibility index (Phi) is 8.07. The van der Waals surface area contributed by atoms with Crippen molar-refractivity contribution < 1.29 is 22.8 Å². The molecule has 7 heteroatoms. The number of carbonyl (C=O) groups is 1. The maximum absolute atomic E-state index is 12.8. The predicted octanol–water partition coefficient (Wildman–Crippen LogP) is 3.50. The summed E-state index contributed by atoms with van der Waals surface area (Å²) in [4.78, 5) is 12.8. The Balaban J connectivity index is 2.84. The summed E-state index contributed by atoms with van der Waals surface area (Å²) < 4.78 is 21.7. The van der Waals surface area contributed by atoms with Crippen molar-refractivity contribution in [2.24, 2.45) is 5.92 Å². The van der Waals surface area contributed by atoms with Crippen LogP contribution in [0.4, 0.5) is 0 Å². The molecule has 0 heterocycles. The Morgan fingerprint density at radius 2 is 1.70 bits per heavy atom. The molecular weight excluding hydrogens is 332 g/mol. The average molecular weight is 365 g/mol. The minimum absolute atomic E-state index is 0.0751. The molecule has 136 valence electrons.